The number of carbonyl (C=O) groups excluding carboxylic acids is 1. The number of benzene rings is 1. The molecule has 0 spiro atoms. The van der Waals surface area contributed by atoms with E-state index in [1.807, 2.05) is 18.2 Å². The van der Waals surface area contributed by atoms with Crippen molar-refractivity contribution in [2.75, 3.05) is 0 Å². The van der Waals surface area contributed by atoms with Gasteiger partial charge in [-0.05, 0) is 42.8 Å². The predicted molar refractivity (Wildman–Crippen MR) is 91.0 cm³/mol. The summed E-state index contributed by atoms with van der Waals surface area (Å²) in [7, 11) is 0. The fourth-order valence-corrected chi connectivity index (χ4v) is 3.08. The van der Waals surface area contributed by atoms with Crippen LogP contribution in [-0.2, 0) is 11.2 Å². The Hall–Kier alpha value is -1.36. The first-order chi connectivity index (χ1) is 9.58. The molecule has 0 saturated heterocycles. The van der Waals surface area contributed by atoms with E-state index in [1.54, 1.807) is 18.3 Å². The van der Waals surface area contributed by atoms with Crippen molar-refractivity contribution < 1.29 is 4.79 Å². The summed E-state index contributed by atoms with van der Waals surface area (Å²) in [5, 5.41) is 5.11. The summed E-state index contributed by atoms with van der Waals surface area (Å²) in [4.78, 5) is 13.1. The van der Waals surface area contributed by atoms with Crippen molar-refractivity contribution in [3.63, 3.8) is 0 Å². The van der Waals surface area contributed by atoms with Crippen LogP contribution < -0.4 is 11.1 Å². The van der Waals surface area contributed by atoms with E-state index in [1.165, 1.54) is 16.0 Å². The summed E-state index contributed by atoms with van der Waals surface area (Å²) >= 11 is 1.68. The minimum Gasteiger partial charge on any atom is -0.347 e. The van der Waals surface area contributed by atoms with Gasteiger partial charge in [0.2, 0.25) is 5.91 Å². The SMILES string of the molecule is Cc1ccsc1C(Cc1ccccc1)NC(=O)[C@@H](C)N.Cl. The maximum absolute atomic E-state index is 11.9. The molecule has 5 heteroatoms. The number of hydrogen-bond donors (Lipinski definition) is 2. The van der Waals surface area contributed by atoms with E-state index in [4.69, 9.17) is 5.73 Å². The Labute approximate surface area is 136 Å². The number of amides is 1. The highest BCUT2D eigenvalue weighted by molar-refractivity contribution is 7.10. The Morgan fingerprint density at radius 1 is 1.29 bits per heavy atom. The van der Waals surface area contributed by atoms with Crippen LogP contribution in [0.1, 0.15) is 29.0 Å². The van der Waals surface area contributed by atoms with Gasteiger partial charge in [0.15, 0.2) is 0 Å². The third kappa shape index (κ3) is 4.84. The molecule has 1 amide bonds. The number of aryl methyl sites for hydroxylation is 1. The van der Waals surface area contributed by atoms with Gasteiger partial charge in [-0.25, -0.2) is 0 Å². The molecular formula is C16H21ClN2OS. The molecule has 1 aromatic heterocycles. The lowest BCUT2D eigenvalue weighted by Gasteiger charge is -2.20. The van der Waals surface area contributed by atoms with Gasteiger partial charge in [0.1, 0.15) is 0 Å². The van der Waals surface area contributed by atoms with Gasteiger partial charge in [-0.3, -0.25) is 4.79 Å². The van der Waals surface area contributed by atoms with Gasteiger partial charge in [0.05, 0.1) is 12.1 Å². The summed E-state index contributed by atoms with van der Waals surface area (Å²) < 4.78 is 0. The van der Waals surface area contributed by atoms with Crippen LogP contribution in [0.5, 0.6) is 0 Å². The first-order valence-electron chi connectivity index (χ1n) is 6.72. The average molecular weight is 325 g/mol. The van der Waals surface area contributed by atoms with Crippen molar-refractivity contribution in [3.8, 4) is 0 Å². The van der Waals surface area contributed by atoms with E-state index in [0.717, 1.165) is 6.42 Å². The number of nitrogens with one attached hydrogen (secondary N) is 1. The van der Waals surface area contributed by atoms with E-state index in [-0.39, 0.29) is 24.4 Å². The van der Waals surface area contributed by atoms with Gasteiger partial charge < -0.3 is 11.1 Å². The molecule has 1 aromatic carbocycles. The molecular weight excluding hydrogens is 304 g/mol. The normalized spacial score (nSPS) is 13.1. The van der Waals surface area contributed by atoms with Crippen molar-refractivity contribution in [2.24, 2.45) is 5.73 Å². The second-order valence-corrected chi connectivity index (χ2v) is 5.96. The zero-order valence-corrected chi connectivity index (χ0v) is 13.8. The summed E-state index contributed by atoms with van der Waals surface area (Å²) in [6, 6.07) is 11.7. The highest BCUT2D eigenvalue weighted by Crippen LogP contribution is 2.27. The van der Waals surface area contributed by atoms with E-state index >= 15 is 0 Å². The zero-order valence-electron chi connectivity index (χ0n) is 12.2. The van der Waals surface area contributed by atoms with Gasteiger partial charge >= 0.3 is 0 Å². The molecule has 3 N–H and O–H groups in total. The topological polar surface area (TPSA) is 55.1 Å². The van der Waals surface area contributed by atoms with Gasteiger partial charge in [0.25, 0.3) is 0 Å². The summed E-state index contributed by atoms with van der Waals surface area (Å²) in [6.45, 7) is 3.78. The molecule has 1 heterocycles. The molecule has 114 valence electrons. The number of halogens is 1. The summed E-state index contributed by atoms with van der Waals surface area (Å²) in [6.07, 6.45) is 0.778. The van der Waals surface area contributed by atoms with Crippen LogP contribution >= 0.6 is 23.7 Å². The third-order valence-corrected chi connectivity index (χ3v) is 4.36. The predicted octanol–water partition coefficient (Wildman–Crippen LogP) is 3.23. The van der Waals surface area contributed by atoms with Crippen LogP contribution in [0.2, 0.25) is 0 Å². The zero-order chi connectivity index (χ0) is 14.5. The van der Waals surface area contributed by atoms with E-state index < -0.39 is 6.04 Å². The molecule has 3 nitrogen and oxygen atoms in total. The van der Waals surface area contributed by atoms with E-state index in [2.05, 4.69) is 35.8 Å². The quantitative estimate of drug-likeness (QED) is 0.887. The maximum Gasteiger partial charge on any atom is 0.237 e. The average Bonchev–Trinajstić information content (AvgIpc) is 2.85. The lowest BCUT2D eigenvalue weighted by molar-refractivity contribution is -0.122. The van der Waals surface area contributed by atoms with Crippen LogP contribution in [0.25, 0.3) is 0 Å². The van der Waals surface area contributed by atoms with Gasteiger partial charge in [-0.1, -0.05) is 30.3 Å². The van der Waals surface area contributed by atoms with Crippen molar-refractivity contribution in [3.05, 3.63) is 57.8 Å². The fourth-order valence-electron chi connectivity index (χ4n) is 2.10. The number of hydrogen-bond acceptors (Lipinski definition) is 3. The number of rotatable bonds is 5. The Balaban J connectivity index is 0.00000220. The van der Waals surface area contributed by atoms with Crippen LogP contribution in [0, 0.1) is 6.92 Å². The molecule has 0 bridgehead atoms. The molecule has 1 unspecified atom stereocenters. The maximum atomic E-state index is 11.9. The molecule has 0 fully saturated rings. The molecule has 2 atom stereocenters. The first-order valence-corrected chi connectivity index (χ1v) is 7.59. The Morgan fingerprint density at radius 3 is 2.48 bits per heavy atom. The Morgan fingerprint density at radius 2 is 1.95 bits per heavy atom. The van der Waals surface area contributed by atoms with Crippen LogP contribution in [0.4, 0.5) is 0 Å². The standard InChI is InChI=1S/C16H20N2OS.ClH/c1-11-8-9-20-15(11)14(18-16(19)12(2)17)10-13-6-4-3-5-7-13;/h3-9,12,14H,10,17H2,1-2H3,(H,18,19);1H/t12-,14?;/m1./s1. The lowest BCUT2D eigenvalue weighted by atomic mass is 10.0. The van der Waals surface area contributed by atoms with Crippen LogP contribution in [-0.4, -0.2) is 11.9 Å². The largest absolute Gasteiger partial charge is 0.347 e. The molecule has 0 aliphatic heterocycles. The van der Waals surface area contributed by atoms with Gasteiger partial charge in [-0.2, -0.15) is 0 Å². The molecule has 21 heavy (non-hydrogen) atoms. The highest BCUT2D eigenvalue weighted by atomic mass is 35.5. The third-order valence-electron chi connectivity index (χ3n) is 3.23. The fraction of sp³-hybridized carbons (Fsp3) is 0.312. The molecule has 0 saturated carbocycles. The van der Waals surface area contributed by atoms with Crippen LogP contribution in [0.15, 0.2) is 41.8 Å². The Bertz CT molecular complexity index is 569. The van der Waals surface area contributed by atoms with E-state index in [9.17, 15) is 4.79 Å². The first kappa shape index (κ1) is 17.7. The number of thiophene rings is 1. The Kier molecular flexibility index (Phi) is 6.89. The summed E-state index contributed by atoms with van der Waals surface area (Å²) in [5.41, 5.74) is 8.07. The van der Waals surface area contributed by atoms with Crippen molar-refractivity contribution >= 4 is 29.7 Å². The molecule has 0 aliphatic carbocycles. The second kappa shape index (κ2) is 8.17. The van der Waals surface area contributed by atoms with Gasteiger partial charge in [-0.15, -0.1) is 23.7 Å². The summed E-state index contributed by atoms with van der Waals surface area (Å²) in [5.74, 6) is -0.112. The number of nitrogens with two attached hydrogens (primary N) is 1. The van der Waals surface area contributed by atoms with Crippen molar-refractivity contribution in [1.29, 1.82) is 0 Å². The van der Waals surface area contributed by atoms with Crippen molar-refractivity contribution in [2.45, 2.75) is 32.4 Å². The van der Waals surface area contributed by atoms with Gasteiger partial charge in [0, 0.05) is 4.88 Å². The second-order valence-electron chi connectivity index (χ2n) is 5.01. The molecule has 2 rings (SSSR count). The number of carbonyl (C=O) groups is 1. The van der Waals surface area contributed by atoms with Crippen molar-refractivity contribution in [1.82, 2.24) is 5.32 Å². The monoisotopic (exact) mass is 324 g/mol. The molecule has 0 aliphatic rings. The van der Waals surface area contributed by atoms with Crippen LogP contribution in [0.3, 0.4) is 0 Å². The molecule has 0 radical (unpaired) electrons. The molecule has 2 aromatic rings. The smallest absolute Gasteiger partial charge is 0.237 e. The highest BCUT2D eigenvalue weighted by Gasteiger charge is 2.19. The van der Waals surface area contributed by atoms with E-state index in [0.29, 0.717) is 0 Å². The minimum absolute atomic E-state index is 0. The minimum atomic E-state index is -0.492. The lowest BCUT2D eigenvalue weighted by Crippen LogP contribution is -2.40.